The van der Waals surface area contributed by atoms with Crippen LogP contribution in [0.4, 0.5) is 17.1 Å². The summed E-state index contributed by atoms with van der Waals surface area (Å²) in [5.41, 5.74) is 14.1. The number of rotatable bonds is 6. The molecule has 0 saturated carbocycles. The summed E-state index contributed by atoms with van der Waals surface area (Å²) < 4.78 is 4.60. The van der Waals surface area contributed by atoms with Crippen molar-refractivity contribution in [2.75, 3.05) is 4.90 Å². The van der Waals surface area contributed by atoms with Gasteiger partial charge in [-0.05, 0) is 123 Å². The third-order valence-electron chi connectivity index (χ3n) is 12.6. The molecule has 0 atom stereocenters. The highest BCUT2D eigenvalue weighted by Crippen LogP contribution is 2.43. The molecule has 0 amide bonds. The number of nitrogens with zero attached hydrogens (tertiary/aromatic N) is 5. The Bertz CT molecular complexity index is 3860. The normalized spacial score (nSPS) is 11.8. The maximum atomic E-state index is 5.44. The lowest BCUT2D eigenvalue weighted by Crippen LogP contribution is -2.09. The van der Waals surface area contributed by atoms with Gasteiger partial charge in [-0.2, -0.15) is 0 Å². The number of benzene rings is 10. The van der Waals surface area contributed by atoms with Crippen molar-refractivity contribution in [3.05, 3.63) is 224 Å². The fraction of sp³-hybridized carbons (Fsp3) is 0. The van der Waals surface area contributed by atoms with Crippen LogP contribution in [-0.4, -0.2) is 18.9 Å². The van der Waals surface area contributed by atoms with Crippen LogP contribution in [0.2, 0.25) is 0 Å². The van der Waals surface area contributed by atoms with Gasteiger partial charge in [-0.3, -0.25) is 8.97 Å². The molecule has 0 aliphatic rings. The van der Waals surface area contributed by atoms with Crippen molar-refractivity contribution < 1.29 is 0 Å². The summed E-state index contributed by atoms with van der Waals surface area (Å²) in [6, 6.07) is 80.4. The van der Waals surface area contributed by atoms with Gasteiger partial charge >= 0.3 is 0 Å². The molecule has 0 spiro atoms. The quantitative estimate of drug-likeness (QED) is 0.168. The second-order valence-corrected chi connectivity index (χ2v) is 16.2. The average molecular weight is 804 g/mol. The Kier molecular flexibility index (Phi) is 7.84. The summed E-state index contributed by atoms with van der Waals surface area (Å²) in [5.74, 6) is 0.822. The molecule has 0 bridgehead atoms. The van der Waals surface area contributed by atoms with E-state index in [1.807, 2.05) is 0 Å². The van der Waals surface area contributed by atoms with E-state index in [-0.39, 0.29) is 0 Å². The number of aromatic nitrogens is 4. The first-order valence-electron chi connectivity index (χ1n) is 21.4. The molecule has 0 unspecified atom stereocenters. The Morgan fingerprint density at radius 1 is 0.349 bits per heavy atom. The van der Waals surface area contributed by atoms with Crippen molar-refractivity contribution in [1.29, 1.82) is 0 Å². The van der Waals surface area contributed by atoms with E-state index < -0.39 is 0 Å². The SMILES string of the molecule is c1ccc(N(c2ccccc2)c2ccc(-c3ccc4cc(-c5cc6c7ccccc7n(-c7nc8ccccc8c8nc9ccccc9n78)c6c6ccccc56)ccc4c3)cc2)cc1. The molecule has 0 saturated heterocycles. The highest BCUT2D eigenvalue weighted by molar-refractivity contribution is 6.22. The lowest BCUT2D eigenvalue weighted by Gasteiger charge is -2.25. The summed E-state index contributed by atoms with van der Waals surface area (Å²) in [5, 5.41) is 8.16. The molecule has 0 aliphatic heterocycles. The van der Waals surface area contributed by atoms with Crippen molar-refractivity contribution in [2.45, 2.75) is 0 Å². The first kappa shape index (κ1) is 35.2. The molecule has 13 rings (SSSR count). The minimum absolute atomic E-state index is 0.822. The average Bonchev–Trinajstić information content (AvgIpc) is 3.91. The molecule has 3 aromatic heterocycles. The number of imidazole rings is 1. The van der Waals surface area contributed by atoms with E-state index in [1.54, 1.807) is 0 Å². The van der Waals surface area contributed by atoms with E-state index in [0.29, 0.717) is 0 Å². The fourth-order valence-electron chi connectivity index (χ4n) is 9.74. The zero-order valence-electron chi connectivity index (χ0n) is 34.1. The van der Waals surface area contributed by atoms with Gasteiger partial charge in [0.05, 0.1) is 27.6 Å². The molecular formula is C58H37N5. The molecule has 13 aromatic rings. The van der Waals surface area contributed by atoms with Gasteiger partial charge in [0.2, 0.25) is 5.95 Å². The zero-order valence-corrected chi connectivity index (χ0v) is 34.1. The maximum absolute atomic E-state index is 5.44. The van der Waals surface area contributed by atoms with Crippen molar-refractivity contribution in [3.8, 4) is 28.2 Å². The van der Waals surface area contributed by atoms with Crippen molar-refractivity contribution in [2.24, 2.45) is 0 Å². The first-order chi connectivity index (χ1) is 31.2. The molecule has 5 heteroatoms. The largest absolute Gasteiger partial charge is 0.311 e. The summed E-state index contributed by atoms with van der Waals surface area (Å²) in [6.07, 6.45) is 0. The monoisotopic (exact) mass is 803 g/mol. The number of fused-ring (bicyclic) bond motifs is 11. The minimum atomic E-state index is 0.822. The standard InChI is InChI=1S/C58H37N5/c1-3-15-43(16-4-1)61(44-17-5-2-6-18-44)45-33-31-38(32-34-45)39-27-28-41-36-42(30-29-40(41)35-39)50-37-51-47-20-10-13-25-54(47)62(56(51)48-21-8-7-19-46(48)50)58-60-52-23-11-9-22-49(52)57-59-53-24-12-14-26-55(53)63(57)58/h1-37H. The Morgan fingerprint density at radius 3 is 1.62 bits per heavy atom. The van der Waals surface area contributed by atoms with Gasteiger partial charge in [0.15, 0.2) is 0 Å². The van der Waals surface area contributed by atoms with Crippen molar-refractivity contribution in [3.63, 3.8) is 0 Å². The Balaban J connectivity index is 0.943. The molecule has 294 valence electrons. The van der Waals surface area contributed by atoms with E-state index in [4.69, 9.17) is 9.97 Å². The van der Waals surface area contributed by atoms with E-state index in [2.05, 4.69) is 238 Å². The van der Waals surface area contributed by atoms with E-state index in [9.17, 15) is 0 Å². The van der Waals surface area contributed by atoms with Gasteiger partial charge in [-0.15, -0.1) is 0 Å². The molecule has 0 radical (unpaired) electrons. The molecule has 10 aromatic carbocycles. The van der Waals surface area contributed by atoms with Crippen LogP contribution >= 0.6 is 0 Å². The molecule has 3 heterocycles. The number of hydrogen-bond acceptors (Lipinski definition) is 3. The topological polar surface area (TPSA) is 38.4 Å². The summed E-state index contributed by atoms with van der Waals surface area (Å²) in [6.45, 7) is 0. The van der Waals surface area contributed by atoms with Gasteiger partial charge in [0, 0.05) is 38.6 Å². The van der Waals surface area contributed by atoms with E-state index in [0.717, 1.165) is 61.6 Å². The first-order valence-corrected chi connectivity index (χ1v) is 21.4. The van der Waals surface area contributed by atoms with Crippen LogP contribution in [0.15, 0.2) is 224 Å². The lowest BCUT2D eigenvalue weighted by molar-refractivity contribution is 0.982. The summed E-state index contributed by atoms with van der Waals surface area (Å²) in [4.78, 5) is 12.9. The maximum Gasteiger partial charge on any atom is 0.221 e. The third-order valence-corrected chi connectivity index (χ3v) is 12.6. The van der Waals surface area contributed by atoms with Crippen LogP contribution in [0.1, 0.15) is 0 Å². The minimum Gasteiger partial charge on any atom is -0.311 e. The van der Waals surface area contributed by atoms with Crippen molar-refractivity contribution >= 4 is 88.0 Å². The molecular weight excluding hydrogens is 767 g/mol. The van der Waals surface area contributed by atoms with Crippen molar-refractivity contribution in [1.82, 2.24) is 18.9 Å². The Hall–Kier alpha value is -8.54. The molecule has 0 aliphatic carbocycles. The second-order valence-electron chi connectivity index (χ2n) is 16.2. The summed E-state index contributed by atoms with van der Waals surface area (Å²) >= 11 is 0. The number of anilines is 3. The van der Waals surface area contributed by atoms with Crippen LogP contribution in [-0.2, 0) is 0 Å². The molecule has 63 heavy (non-hydrogen) atoms. The fourth-order valence-corrected chi connectivity index (χ4v) is 9.74. The molecule has 5 nitrogen and oxygen atoms in total. The zero-order chi connectivity index (χ0) is 41.4. The van der Waals surface area contributed by atoms with E-state index in [1.165, 1.54) is 54.6 Å². The lowest BCUT2D eigenvalue weighted by atomic mass is 9.93. The summed E-state index contributed by atoms with van der Waals surface area (Å²) in [7, 11) is 0. The highest BCUT2D eigenvalue weighted by atomic mass is 15.2. The predicted molar refractivity (Wildman–Crippen MR) is 263 cm³/mol. The smallest absolute Gasteiger partial charge is 0.221 e. The van der Waals surface area contributed by atoms with Crippen LogP contribution < -0.4 is 4.90 Å². The molecule has 0 fully saturated rings. The van der Waals surface area contributed by atoms with Gasteiger partial charge in [0.1, 0.15) is 5.65 Å². The third kappa shape index (κ3) is 5.57. The van der Waals surface area contributed by atoms with Gasteiger partial charge in [-0.1, -0.05) is 140 Å². The van der Waals surface area contributed by atoms with Crippen LogP contribution in [0.3, 0.4) is 0 Å². The predicted octanol–water partition coefficient (Wildman–Crippen LogP) is 15.2. The van der Waals surface area contributed by atoms with Crippen LogP contribution in [0.5, 0.6) is 0 Å². The molecule has 0 N–H and O–H groups in total. The highest BCUT2D eigenvalue weighted by Gasteiger charge is 2.23. The number of para-hydroxylation sites is 6. The second kappa shape index (κ2) is 14.0. The number of hydrogen-bond donors (Lipinski definition) is 0. The van der Waals surface area contributed by atoms with Gasteiger partial charge in [0.25, 0.3) is 0 Å². The Labute approximate surface area is 363 Å². The van der Waals surface area contributed by atoms with Gasteiger partial charge < -0.3 is 4.90 Å². The van der Waals surface area contributed by atoms with Gasteiger partial charge in [-0.25, -0.2) is 9.97 Å². The Morgan fingerprint density at radius 2 is 0.889 bits per heavy atom. The van der Waals surface area contributed by atoms with Crippen LogP contribution in [0.25, 0.3) is 99.1 Å². The van der Waals surface area contributed by atoms with Crippen LogP contribution in [0, 0.1) is 0 Å². The van der Waals surface area contributed by atoms with E-state index >= 15 is 0 Å².